The number of hydrogen-bond acceptors (Lipinski definition) is 6. The van der Waals surface area contributed by atoms with E-state index in [4.69, 9.17) is 14.8 Å². The van der Waals surface area contributed by atoms with E-state index >= 15 is 0 Å². The molecule has 1 unspecified atom stereocenters. The number of benzene rings is 2. The normalized spacial score (nSPS) is 17.3. The Bertz CT molecular complexity index is 1040. The number of carbonyl (C=O) groups excluding carboxylic acids is 3. The minimum atomic E-state index is -2.47. The third-order valence-electron chi connectivity index (χ3n) is 6.15. The van der Waals surface area contributed by atoms with Crippen molar-refractivity contribution in [1.82, 2.24) is 5.32 Å². The van der Waals surface area contributed by atoms with Crippen LogP contribution < -0.4 is 30.7 Å². The summed E-state index contributed by atoms with van der Waals surface area (Å²) in [5.41, 5.74) is 6.70. The van der Waals surface area contributed by atoms with Crippen LogP contribution in [0.2, 0.25) is 0 Å². The zero-order valence-corrected chi connectivity index (χ0v) is 22.4. The first-order chi connectivity index (χ1) is 17.6. The lowest BCUT2D eigenvalue weighted by molar-refractivity contribution is -0.119. The zero-order valence-electron chi connectivity index (χ0n) is 21.5. The molecule has 5 N–H and O–H groups in total. The van der Waals surface area contributed by atoms with Crippen molar-refractivity contribution < 1.29 is 23.4 Å². The van der Waals surface area contributed by atoms with Gasteiger partial charge in [-0.2, -0.15) is 0 Å². The fourth-order valence-electron chi connectivity index (χ4n) is 4.35. The van der Waals surface area contributed by atoms with Crippen molar-refractivity contribution in [2.75, 3.05) is 17.2 Å². The molecule has 1 aliphatic heterocycles. The van der Waals surface area contributed by atoms with E-state index in [1.54, 1.807) is 24.3 Å². The Hall–Kier alpha value is -3.29. The molecule has 2 fully saturated rings. The molecule has 9 nitrogen and oxygen atoms in total. The molecule has 1 atom stereocenters. The van der Waals surface area contributed by atoms with E-state index in [1.165, 1.54) is 13.8 Å². The van der Waals surface area contributed by atoms with Crippen LogP contribution in [0, 0.1) is 0 Å². The average Bonchev–Trinajstić information content (AvgIpc) is 3.57. The first-order valence-electron chi connectivity index (χ1n) is 12.5. The molecule has 200 valence electrons. The van der Waals surface area contributed by atoms with Crippen LogP contribution >= 0.6 is 7.34 Å². The molecule has 2 aromatic rings. The molecule has 10 heteroatoms. The second-order valence-electron chi connectivity index (χ2n) is 9.31. The molecule has 1 saturated carbocycles. The molecular formula is C27H37N4O5P. The van der Waals surface area contributed by atoms with E-state index in [1.807, 2.05) is 24.3 Å². The van der Waals surface area contributed by atoms with Gasteiger partial charge in [-0.1, -0.05) is 12.8 Å². The summed E-state index contributed by atoms with van der Waals surface area (Å²) in [5.74, 6) is 0.889. The molecular weight excluding hydrogens is 491 g/mol. The van der Waals surface area contributed by atoms with Gasteiger partial charge < -0.3 is 30.7 Å². The van der Waals surface area contributed by atoms with E-state index in [0.717, 1.165) is 45.1 Å². The molecule has 1 saturated heterocycles. The summed E-state index contributed by atoms with van der Waals surface area (Å²) in [6.45, 7) is 3.89. The standard InChI is InChI=1S/C22H27N2O4P.C5H10N2O/c1-16(25)23-18-8-12-20(13-9-18)27-29(3,22-6-4-5-7-22)28-21-14-10-19(11-15-21)24-17(2)26;6-5(8)4-2-1-3-7-4/h8-15,22H,3-7H2,1-2H3,(H,23,25)(H,24,26);4,7H,1-3H2,(H2,6,8). The van der Waals surface area contributed by atoms with Crippen molar-refractivity contribution in [2.24, 2.45) is 5.73 Å². The molecule has 1 aliphatic carbocycles. The third kappa shape index (κ3) is 8.95. The van der Waals surface area contributed by atoms with Crippen LogP contribution in [0.15, 0.2) is 48.5 Å². The van der Waals surface area contributed by atoms with Crippen LogP contribution in [-0.4, -0.2) is 42.3 Å². The Morgan fingerprint density at radius 3 is 1.62 bits per heavy atom. The summed E-state index contributed by atoms with van der Waals surface area (Å²) in [4.78, 5) is 32.8. The van der Waals surface area contributed by atoms with Crippen molar-refractivity contribution >= 4 is 42.7 Å². The van der Waals surface area contributed by atoms with E-state index in [9.17, 15) is 14.4 Å². The number of nitrogens with one attached hydrogen (secondary N) is 3. The molecule has 0 aromatic heterocycles. The van der Waals surface area contributed by atoms with E-state index in [2.05, 4.69) is 22.2 Å². The summed E-state index contributed by atoms with van der Waals surface area (Å²) in [6.07, 6.45) is 10.8. The van der Waals surface area contributed by atoms with Gasteiger partial charge >= 0.3 is 0 Å². The predicted octanol–water partition coefficient (Wildman–Crippen LogP) is 4.51. The van der Waals surface area contributed by atoms with Crippen LogP contribution in [0.1, 0.15) is 52.4 Å². The summed E-state index contributed by atoms with van der Waals surface area (Å²) in [5, 5.41) is 8.47. The topological polar surface area (TPSA) is 132 Å². The van der Waals surface area contributed by atoms with Gasteiger partial charge in [0.25, 0.3) is 0 Å². The zero-order chi connectivity index (χ0) is 26.8. The van der Waals surface area contributed by atoms with E-state index < -0.39 is 7.34 Å². The molecule has 2 aromatic carbocycles. The van der Waals surface area contributed by atoms with Crippen molar-refractivity contribution in [3.63, 3.8) is 0 Å². The fourth-order valence-corrected chi connectivity index (χ4v) is 6.80. The van der Waals surface area contributed by atoms with Crippen molar-refractivity contribution in [2.45, 2.75) is 64.1 Å². The Labute approximate surface area is 218 Å². The maximum atomic E-state index is 11.2. The quantitative estimate of drug-likeness (QED) is 0.373. The lowest BCUT2D eigenvalue weighted by Crippen LogP contribution is -2.36. The van der Waals surface area contributed by atoms with Gasteiger partial charge in [-0.25, -0.2) is 0 Å². The van der Waals surface area contributed by atoms with Crippen LogP contribution in [0.25, 0.3) is 0 Å². The van der Waals surface area contributed by atoms with Gasteiger partial charge in [0.15, 0.2) is 0 Å². The predicted molar refractivity (Wildman–Crippen MR) is 149 cm³/mol. The Morgan fingerprint density at radius 2 is 1.30 bits per heavy atom. The summed E-state index contributed by atoms with van der Waals surface area (Å²) >= 11 is 0. The van der Waals surface area contributed by atoms with Crippen LogP contribution in [0.4, 0.5) is 11.4 Å². The highest BCUT2D eigenvalue weighted by Crippen LogP contribution is 2.57. The Kier molecular flexibility index (Phi) is 10.2. The molecule has 4 rings (SSSR count). The maximum Gasteiger partial charge on any atom is 0.234 e. The first-order valence-corrected chi connectivity index (χ1v) is 14.4. The van der Waals surface area contributed by atoms with E-state index in [-0.39, 0.29) is 29.4 Å². The molecule has 0 bridgehead atoms. The molecule has 1 heterocycles. The largest absolute Gasteiger partial charge is 0.443 e. The van der Waals surface area contributed by atoms with Gasteiger partial charge in [0, 0.05) is 30.9 Å². The van der Waals surface area contributed by atoms with Crippen molar-refractivity contribution in [3.05, 3.63) is 48.5 Å². The monoisotopic (exact) mass is 528 g/mol. The summed E-state index contributed by atoms with van der Waals surface area (Å²) < 4.78 is 12.7. The number of amides is 3. The van der Waals surface area contributed by atoms with Crippen LogP contribution in [-0.2, 0) is 14.4 Å². The molecule has 3 amide bonds. The maximum absolute atomic E-state index is 11.2. The smallest absolute Gasteiger partial charge is 0.234 e. The van der Waals surface area contributed by atoms with Crippen LogP contribution in [0.5, 0.6) is 11.5 Å². The van der Waals surface area contributed by atoms with Crippen molar-refractivity contribution in [3.8, 4) is 11.5 Å². The second kappa shape index (κ2) is 13.3. The molecule has 37 heavy (non-hydrogen) atoms. The van der Waals surface area contributed by atoms with E-state index in [0.29, 0.717) is 22.9 Å². The SMILES string of the molecule is C=P(Oc1ccc(NC(C)=O)cc1)(Oc1ccc(NC(C)=O)cc1)C1CCCC1.NC(=O)C1CCCN1. The Balaban J connectivity index is 0.000000405. The van der Waals surface area contributed by atoms with Crippen molar-refractivity contribution in [1.29, 1.82) is 0 Å². The fraction of sp³-hybridized carbons (Fsp3) is 0.407. The third-order valence-corrected chi connectivity index (χ3v) is 8.82. The number of anilines is 2. The van der Waals surface area contributed by atoms with Gasteiger partial charge in [-0.15, -0.1) is 0 Å². The van der Waals surface area contributed by atoms with Gasteiger partial charge in [-0.05, 0) is 87.1 Å². The lowest BCUT2D eigenvalue weighted by atomic mass is 10.2. The lowest BCUT2D eigenvalue weighted by Gasteiger charge is -2.31. The van der Waals surface area contributed by atoms with Gasteiger partial charge in [0.05, 0.1) is 6.04 Å². The minimum Gasteiger partial charge on any atom is -0.443 e. The second-order valence-corrected chi connectivity index (χ2v) is 11.9. The summed E-state index contributed by atoms with van der Waals surface area (Å²) in [7, 11) is -2.47. The molecule has 2 aliphatic rings. The number of primary amides is 1. The van der Waals surface area contributed by atoms with Gasteiger partial charge in [0.1, 0.15) is 11.5 Å². The highest BCUT2D eigenvalue weighted by atomic mass is 31.2. The van der Waals surface area contributed by atoms with Crippen LogP contribution in [0.3, 0.4) is 0 Å². The number of nitrogens with two attached hydrogens (primary N) is 1. The number of rotatable bonds is 8. The first kappa shape index (κ1) is 28.3. The molecule has 0 radical (unpaired) electrons. The highest BCUT2D eigenvalue weighted by Gasteiger charge is 2.34. The average molecular weight is 529 g/mol. The minimum absolute atomic E-state index is 0.0463. The van der Waals surface area contributed by atoms with Gasteiger partial charge in [0.2, 0.25) is 25.1 Å². The molecule has 0 spiro atoms. The number of carbonyl (C=O) groups is 3. The Morgan fingerprint density at radius 1 is 0.838 bits per heavy atom. The van der Waals surface area contributed by atoms with Gasteiger partial charge in [-0.3, -0.25) is 14.4 Å². The highest BCUT2D eigenvalue weighted by molar-refractivity contribution is 7.65. The summed E-state index contributed by atoms with van der Waals surface area (Å²) in [6, 6.07) is 14.5. The number of hydrogen-bond donors (Lipinski definition) is 4.